The SMILES string of the molecule is CC/C=C\C/C=C\C/C=C\CCCCCCCC(=O)NC(C)(C)CC(C)(C)OP(=O)(O)S. The van der Waals surface area contributed by atoms with Crippen LogP contribution >= 0.6 is 19.0 Å². The van der Waals surface area contributed by atoms with E-state index in [-0.39, 0.29) is 5.91 Å². The van der Waals surface area contributed by atoms with E-state index in [1.807, 2.05) is 13.8 Å². The van der Waals surface area contributed by atoms with Crippen molar-refractivity contribution >= 4 is 25.0 Å². The molecule has 0 fully saturated rings. The highest BCUT2D eigenvalue weighted by atomic mass is 32.7. The van der Waals surface area contributed by atoms with Crippen LogP contribution in [0.2, 0.25) is 0 Å². The second-order valence-electron chi connectivity index (χ2n) is 9.55. The third-order valence-electron chi connectivity index (χ3n) is 4.77. The second-order valence-corrected chi connectivity index (χ2v) is 12.2. The number of thiol groups is 1. The van der Waals surface area contributed by atoms with E-state index in [0.717, 1.165) is 44.9 Å². The molecule has 5 nitrogen and oxygen atoms in total. The second kappa shape index (κ2) is 16.7. The molecule has 0 heterocycles. The van der Waals surface area contributed by atoms with Crippen molar-refractivity contribution in [3.63, 3.8) is 0 Å². The Balaban J connectivity index is 3.85. The maximum atomic E-state index is 12.3. The summed E-state index contributed by atoms with van der Waals surface area (Å²) >= 11 is 3.58. The summed E-state index contributed by atoms with van der Waals surface area (Å²) in [6.45, 7) is 5.49. The van der Waals surface area contributed by atoms with Gasteiger partial charge in [-0.2, -0.15) is 0 Å². The molecule has 0 aromatic rings. The largest absolute Gasteiger partial charge is 0.384 e. The van der Waals surface area contributed by atoms with Crippen LogP contribution < -0.4 is 5.32 Å². The van der Waals surface area contributed by atoms with Crippen molar-refractivity contribution in [1.29, 1.82) is 0 Å². The van der Waals surface area contributed by atoms with Crippen LogP contribution in [0.4, 0.5) is 0 Å². The van der Waals surface area contributed by atoms with Gasteiger partial charge in [0.25, 0.3) is 0 Å². The zero-order chi connectivity index (χ0) is 24.5. The molecule has 0 aromatic carbocycles. The number of carbonyl (C=O) groups excluding carboxylic acids is 1. The van der Waals surface area contributed by atoms with Gasteiger partial charge in [0.05, 0.1) is 5.60 Å². The summed E-state index contributed by atoms with van der Waals surface area (Å²) < 4.78 is 16.6. The molecule has 0 rings (SSSR count). The smallest absolute Gasteiger partial charge is 0.351 e. The van der Waals surface area contributed by atoms with Crippen LogP contribution in [0, 0.1) is 0 Å². The molecule has 1 atom stereocenters. The van der Waals surface area contributed by atoms with Gasteiger partial charge < -0.3 is 10.2 Å². The number of allylic oxidation sites excluding steroid dienone is 6. The minimum Gasteiger partial charge on any atom is -0.351 e. The Morgan fingerprint density at radius 3 is 2.06 bits per heavy atom. The lowest BCUT2D eigenvalue weighted by molar-refractivity contribution is -0.123. The highest BCUT2D eigenvalue weighted by Crippen LogP contribution is 2.51. The lowest BCUT2D eigenvalue weighted by atomic mass is 9.89. The normalized spacial score (nSPS) is 15.1. The number of carbonyl (C=O) groups is 1. The predicted molar refractivity (Wildman–Crippen MR) is 140 cm³/mol. The lowest BCUT2D eigenvalue weighted by Gasteiger charge is -2.35. The van der Waals surface area contributed by atoms with E-state index in [1.165, 1.54) is 12.8 Å². The van der Waals surface area contributed by atoms with E-state index in [1.54, 1.807) is 13.8 Å². The molecule has 0 aliphatic rings. The number of hydrogen-bond acceptors (Lipinski definition) is 3. The van der Waals surface area contributed by atoms with Crippen molar-refractivity contribution in [3.8, 4) is 0 Å². The molecule has 0 aliphatic heterocycles. The molecule has 0 aliphatic carbocycles. The predicted octanol–water partition coefficient (Wildman–Crippen LogP) is 7.69. The van der Waals surface area contributed by atoms with Crippen LogP contribution in [-0.2, 0) is 13.9 Å². The number of hydrogen-bond donors (Lipinski definition) is 3. The molecule has 2 N–H and O–H groups in total. The Kier molecular flexibility index (Phi) is 16.3. The van der Waals surface area contributed by atoms with Crippen molar-refractivity contribution < 1.29 is 18.8 Å². The summed E-state index contributed by atoms with van der Waals surface area (Å²) in [6, 6.07) is 0. The molecular formula is C25H46NO4PS. The summed E-state index contributed by atoms with van der Waals surface area (Å²) in [4.78, 5) is 21.6. The van der Waals surface area contributed by atoms with E-state index < -0.39 is 17.9 Å². The van der Waals surface area contributed by atoms with Crippen LogP contribution in [-0.4, -0.2) is 21.9 Å². The summed E-state index contributed by atoms with van der Waals surface area (Å²) in [5, 5.41) is 3.01. The van der Waals surface area contributed by atoms with Crippen LogP contribution in [0.5, 0.6) is 0 Å². The number of unbranched alkanes of at least 4 members (excludes halogenated alkanes) is 5. The first-order valence-corrected chi connectivity index (χ1v) is 14.6. The monoisotopic (exact) mass is 487 g/mol. The zero-order valence-electron chi connectivity index (χ0n) is 20.8. The molecule has 1 amide bonds. The van der Waals surface area contributed by atoms with Gasteiger partial charge in [-0.05, 0) is 72.6 Å². The summed E-state index contributed by atoms with van der Waals surface area (Å²) in [6.07, 6.45) is 23.9. The summed E-state index contributed by atoms with van der Waals surface area (Å²) in [7, 11) is 0. The molecule has 0 bridgehead atoms. The van der Waals surface area contributed by atoms with Gasteiger partial charge in [-0.15, -0.1) is 0 Å². The molecule has 0 aromatic heterocycles. The first-order valence-electron chi connectivity index (χ1n) is 11.9. The average molecular weight is 488 g/mol. The quantitative estimate of drug-likeness (QED) is 0.0802. The average Bonchev–Trinajstić information content (AvgIpc) is 2.61. The van der Waals surface area contributed by atoms with E-state index >= 15 is 0 Å². The van der Waals surface area contributed by atoms with Gasteiger partial charge in [-0.1, -0.05) is 74.9 Å². The molecule has 1 unspecified atom stereocenters. The Labute approximate surface area is 201 Å². The van der Waals surface area contributed by atoms with Crippen molar-refractivity contribution in [1.82, 2.24) is 5.32 Å². The van der Waals surface area contributed by atoms with E-state index in [4.69, 9.17) is 4.52 Å². The van der Waals surface area contributed by atoms with Crippen LogP contribution in [0.1, 0.15) is 105 Å². The molecular weight excluding hydrogens is 441 g/mol. The molecule has 0 spiro atoms. The number of rotatable bonds is 18. The Hall–Kier alpha value is -0.810. The molecule has 0 saturated heterocycles. The van der Waals surface area contributed by atoms with Gasteiger partial charge in [-0.25, -0.2) is 4.57 Å². The van der Waals surface area contributed by atoms with Crippen molar-refractivity contribution in [2.75, 3.05) is 0 Å². The maximum Gasteiger partial charge on any atom is 0.384 e. The molecule has 0 saturated carbocycles. The van der Waals surface area contributed by atoms with Gasteiger partial charge in [0.15, 0.2) is 0 Å². The minimum absolute atomic E-state index is 0.00465. The fraction of sp³-hybridized carbons (Fsp3) is 0.720. The van der Waals surface area contributed by atoms with Gasteiger partial charge >= 0.3 is 6.80 Å². The van der Waals surface area contributed by atoms with Crippen LogP contribution in [0.25, 0.3) is 0 Å². The van der Waals surface area contributed by atoms with Crippen LogP contribution in [0.3, 0.4) is 0 Å². The highest BCUT2D eigenvalue weighted by Gasteiger charge is 2.34. The van der Waals surface area contributed by atoms with Crippen molar-refractivity contribution in [3.05, 3.63) is 36.5 Å². The molecule has 186 valence electrons. The molecule has 7 heteroatoms. The Morgan fingerprint density at radius 2 is 1.47 bits per heavy atom. The molecule has 0 radical (unpaired) electrons. The lowest BCUT2D eigenvalue weighted by Crippen LogP contribution is -2.48. The highest BCUT2D eigenvalue weighted by molar-refractivity contribution is 8.44. The fourth-order valence-corrected chi connectivity index (χ4v) is 5.18. The van der Waals surface area contributed by atoms with Gasteiger partial charge in [0, 0.05) is 12.0 Å². The third-order valence-corrected chi connectivity index (χ3v) is 5.74. The van der Waals surface area contributed by atoms with Crippen LogP contribution in [0.15, 0.2) is 36.5 Å². The summed E-state index contributed by atoms with van der Waals surface area (Å²) in [5.74, 6) is 0.00465. The zero-order valence-corrected chi connectivity index (χ0v) is 22.6. The topological polar surface area (TPSA) is 75.6 Å². The van der Waals surface area contributed by atoms with Crippen molar-refractivity contribution in [2.24, 2.45) is 0 Å². The third kappa shape index (κ3) is 21.1. The number of amides is 1. The maximum absolute atomic E-state index is 12.3. The summed E-state index contributed by atoms with van der Waals surface area (Å²) in [5.41, 5.74) is -1.42. The standard InChI is InChI=1S/C25H46NO4PS/c1-6-7-8-9-10-11-12-13-14-15-16-17-18-19-20-21-23(27)26-24(2,3)22-25(4,5)30-31(28,29)32/h7-8,10-11,13-14H,6,9,12,15-22H2,1-5H3,(H,26,27)(H2,28,29,32)/b8-7-,11-10-,14-13-. The van der Waals surface area contributed by atoms with E-state index in [9.17, 15) is 14.3 Å². The van der Waals surface area contributed by atoms with Gasteiger partial charge in [0.2, 0.25) is 5.91 Å². The minimum atomic E-state index is -3.88. The Morgan fingerprint density at radius 1 is 0.938 bits per heavy atom. The van der Waals surface area contributed by atoms with Gasteiger partial charge in [-0.3, -0.25) is 9.32 Å². The fourth-order valence-electron chi connectivity index (χ4n) is 3.81. The van der Waals surface area contributed by atoms with E-state index in [2.05, 4.69) is 60.9 Å². The van der Waals surface area contributed by atoms with E-state index in [0.29, 0.717) is 12.8 Å². The first-order chi connectivity index (χ1) is 14.9. The Bertz CT molecular complexity index is 650. The van der Waals surface area contributed by atoms with Crippen molar-refractivity contribution in [2.45, 2.75) is 116 Å². The van der Waals surface area contributed by atoms with Gasteiger partial charge in [0.1, 0.15) is 0 Å². The first kappa shape index (κ1) is 31.2. The number of nitrogens with one attached hydrogen (secondary N) is 1. The molecule has 32 heavy (non-hydrogen) atoms.